The molecule has 0 aliphatic carbocycles. The molecule has 14 heteroatoms. The topological polar surface area (TPSA) is 192 Å². The number of Topliss-reactive ketones (excluding diaryl/α,β-unsaturated/α-hetero) is 4. The summed E-state index contributed by atoms with van der Waals surface area (Å²) in [5, 5.41) is 8.11. The normalized spacial score (nSPS) is 11.9. The Bertz CT molecular complexity index is 1180. The average Bonchev–Trinajstić information content (AvgIpc) is 3.17. The van der Waals surface area contributed by atoms with E-state index in [2.05, 4.69) is 22.9 Å². The Balaban J connectivity index is -0.000000371. The molecule has 0 bridgehead atoms. The van der Waals surface area contributed by atoms with E-state index in [0.717, 1.165) is 12.8 Å². The third kappa shape index (κ3) is 43.6. The fourth-order valence-corrected chi connectivity index (χ4v) is 4.62. The van der Waals surface area contributed by atoms with E-state index in [0.29, 0.717) is 117 Å². The molecule has 0 heterocycles. The van der Waals surface area contributed by atoms with E-state index >= 15 is 0 Å². The molecular formula is C48H93N3O11. The summed E-state index contributed by atoms with van der Waals surface area (Å²) in [7, 11) is 0. The van der Waals surface area contributed by atoms with Gasteiger partial charge in [-0.1, -0.05) is 124 Å². The summed E-state index contributed by atoms with van der Waals surface area (Å²) in [5.41, 5.74) is -1.04. The zero-order valence-corrected chi connectivity index (χ0v) is 42.5. The van der Waals surface area contributed by atoms with Gasteiger partial charge in [0, 0.05) is 85.7 Å². The molecule has 0 aromatic heterocycles. The van der Waals surface area contributed by atoms with Crippen LogP contribution in [-0.2, 0) is 52.5 Å². The highest BCUT2D eigenvalue weighted by molar-refractivity contribution is 5.86. The fourth-order valence-electron chi connectivity index (χ4n) is 4.62. The zero-order chi connectivity index (χ0) is 49.0. The maximum atomic E-state index is 11.6. The Morgan fingerprint density at radius 1 is 0.403 bits per heavy atom. The van der Waals surface area contributed by atoms with E-state index in [4.69, 9.17) is 18.9 Å². The van der Waals surface area contributed by atoms with Gasteiger partial charge in [-0.05, 0) is 6.42 Å². The highest BCUT2D eigenvalue weighted by atomic mass is 16.5. The number of rotatable bonds is 27. The van der Waals surface area contributed by atoms with Crippen molar-refractivity contribution in [3.8, 4) is 0 Å². The van der Waals surface area contributed by atoms with Crippen molar-refractivity contribution in [3.63, 3.8) is 0 Å². The van der Waals surface area contributed by atoms with Crippen molar-refractivity contribution in [1.29, 1.82) is 0 Å². The molecule has 0 rings (SSSR count). The minimum atomic E-state index is -0.295. The van der Waals surface area contributed by atoms with Crippen molar-refractivity contribution in [2.24, 2.45) is 27.6 Å². The second-order valence-corrected chi connectivity index (χ2v) is 19.1. The van der Waals surface area contributed by atoms with Crippen molar-refractivity contribution in [2.75, 3.05) is 72.5 Å². The molecule has 0 saturated carbocycles. The molecule has 1 atom stereocenters. The third-order valence-corrected chi connectivity index (χ3v) is 8.88. The molecule has 14 nitrogen and oxygen atoms in total. The molecule has 0 aliphatic rings. The van der Waals surface area contributed by atoms with Crippen molar-refractivity contribution < 1.29 is 52.5 Å². The number of hydrogen-bond donors (Lipinski definition) is 3. The van der Waals surface area contributed by atoms with Crippen LogP contribution in [0.15, 0.2) is 0 Å². The van der Waals surface area contributed by atoms with E-state index in [1.165, 1.54) is 0 Å². The standard InChI is InChI=1S/2C14H27NO4.C10H19NO2.C10H20O/c2*1-5-13(17)15-7-9-19-11-10-18-8-6-12(16)14(2,3)4;1-5-9(13)11-7-6-8(12)10(2,3)4;1-6-7-8(2)9(11)10(3,4)5/h2*5-11H2,1-4H3,(H,15,17);5-7H2,1-4H3,(H,11,13);8H,6-7H2,1-5H3. The van der Waals surface area contributed by atoms with Crippen LogP contribution in [0.1, 0.15) is 169 Å². The molecule has 366 valence electrons. The maximum Gasteiger partial charge on any atom is 0.219 e. The van der Waals surface area contributed by atoms with Crippen LogP contribution >= 0.6 is 0 Å². The third-order valence-electron chi connectivity index (χ3n) is 8.88. The second-order valence-electron chi connectivity index (χ2n) is 19.1. The molecule has 0 spiro atoms. The minimum Gasteiger partial charge on any atom is -0.379 e. The summed E-state index contributed by atoms with van der Waals surface area (Å²) in [6, 6.07) is 0. The van der Waals surface area contributed by atoms with Crippen molar-refractivity contribution in [3.05, 3.63) is 0 Å². The Morgan fingerprint density at radius 2 is 0.694 bits per heavy atom. The van der Waals surface area contributed by atoms with Gasteiger partial charge in [-0.25, -0.2) is 0 Å². The van der Waals surface area contributed by atoms with Crippen LogP contribution in [-0.4, -0.2) is 113 Å². The van der Waals surface area contributed by atoms with E-state index in [-0.39, 0.29) is 62.6 Å². The smallest absolute Gasteiger partial charge is 0.219 e. The molecule has 0 aromatic rings. The first-order valence-electron chi connectivity index (χ1n) is 22.8. The molecule has 1 unspecified atom stereocenters. The molecule has 0 radical (unpaired) electrons. The molecule has 0 fully saturated rings. The highest BCUT2D eigenvalue weighted by Gasteiger charge is 2.26. The van der Waals surface area contributed by atoms with Crippen molar-refractivity contribution >= 4 is 40.9 Å². The summed E-state index contributed by atoms with van der Waals surface area (Å²) < 4.78 is 21.2. The Morgan fingerprint density at radius 3 is 0.968 bits per heavy atom. The predicted molar refractivity (Wildman–Crippen MR) is 249 cm³/mol. The van der Waals surface area contributed by atoms with Gasteiger partial charge in [-0.15, -0.1) is 0 Å². The van der Waals surface area contributed by atoms with Crippen molar-refractivity contribution in [2.45, 2.75) is 169 Å². The van der Waals surface area contributed by atoms with E-state index < -0.39 is 0 Å². The molecular weight excluding hydrogens is 795 g/mol. The van der Waals surface area contributed by atoms with Crippen molar-refractivity contribution in [1.82, 2.24) is 16.0 Å². The van der Waals surface area contributed by atoms with Gasteiger partial charge in [0.1, 0.15) is 23.1 Å². The van der Waals surface area contributed by atoms with Gasteiger partial charge in [-0.3, -0.25) is 33.6 Å². The van der Waals surface area contributed by atoms with Gasteiger partial charge in [0.25, 0.3) is 0 Å². The van der Waals surface area contributed by atoms with Gasteiger partial charge in [0.2, 0.25) is 17.7 Å². The number of nitrogens with one attached hydrogen (secondary N) is 3. The summed E-state index contributed by atoms with van der Waals surface area (Å²) in [4.78, 5) is 78.7. The largest absolute Gasteiger partial charge is 0.379 e. The monoisotopic (exact) mass is 888 g/mol. The molecule has 3 N–H and O–H groups in total. The number of carbonyl (C=O) groups is 7. The second kappa shape index (κ2) is 37.3. The van der Waals surface area contributed by atoms with Crippen LogP contribution in [0.25, 0.3) is 0 Å². The lowest BCUT2D eigenvalue weighted by Gasteiger charge is -2.21. The summed E-state index contributed by atoms with van der Waals surface area (Å²) in [6.45, 7) is 37.9. The van der Waals surface area contributed by atoms with E-state index in [1.807, 2.05) is 104 Å². The maximum absolute atomic E-state index is 11.6. The summed E-state index contributed by atoms with van der Waals surface area (Å²) >= 11 is 0. The number of amides is 3. The predicted octanol–water partition coefficient (Wildman–Crippen LogP) is 7.66. The van der Waals surface area contributed by atoms with Gasteiger partial charge in [0.05, 0.1) is 52.9 Å². The average molecular weight is 888 g/mol. The first kappa shape index (κ1) is 65.5. The van der Waals surface area contributed by atoms with Crippen LogP contribution in [0.5, 0.6) is 0 Å². The molecule has 62 heavy (non-hydrogen) atoms. The number of ether oxygens (including phenoxy) is 4. The lowest BCUT2D eigenvalue weighted by atomic mass is 9.82. The van der Waals surface area contributed by atoms with Gasteiger partial charge < -0.3 is 34.9 Å². The molecule has 0 aliphatic heterocycles. The first-order valence-corrected chi connectivity index (χ1v) is 22.8. The molecule has 0 aromatic carbocycles. The summed E-state index contributed by atoms with van der Waals surface area (Å²) in [6.07, 6.45) is 4.89. The SMILES string of the molecule is CCC(=O)NCCC(=O)C(C)(C)C.CCC(=O)NCCOCCOCCC(=O)C(C)(C)C.CCC(=O)NCCOCCOCCC(=O)C(C)(C)C.CCCC(C)C(=O)C(C)(C)C. The lowest BCUT2D eigenvalue weighted by molar-refractivity contribution is -0.130. The van der Waals surface area contributed by atoms with Crippen LogP contribution in [0, 0.1) is 27.6 Å². The number of ketones is 4. The number of carbonyl (C=O) groups excluding carboxylic acids is 7. The zero-order valence-electron chi connectivity index (χ0n) is 42.5. The fraction of sp³-hybridized carbons (Fsp3) is 0.854. The van der Waals surface area contributed by atoms with Crippen LogP contribution in [0.2, 0.25) is 0 Å². The van der Waals surface area contributed by atoms with Crippen LogP contribution < -0.4 is 16.0 Å². The van der Waals surface area contributed by atoms with E-state index in [9.17, 15) is 33.6 Å². The minimum absolute atomic E-state index is 0.00158. The Hall–Kier alpha value is -3.07. The lowest BCUT2D eigenvalue weighted by Crippen LogP contribution is -2.29. The molecule has 3 amide bonds. The Labute approximate surface area is 377 Å². The summed E-state index contributed by atoms with van der Waals surface area (Å²) in [5.74, 6) is 1.28. The first-order chi connectivity index (χ1) is 28.5. The van der Waals surface area contributed by atoms with Gasteiger partial charge >= 0.3 is 0 Å². The van der Waals surface area contributed by atoms with Gasteiger partial charge in [0.15, 0.2) is 0 Å². The number of hydrogen-bond acceptors (Lipinski definition) is 11. The molecule has 0 saturated heterocycles. The van der Waals surface area contributed by atoms with Gasteiger partial charge in [-0.2, -0.15) is 0 Å². The van der Waals surface area contributed by atoms with E-state index in [1.54, 1.807) is 6.92 Å². The Kier molecular flexibility index (Phi) is 39.5. The quantitative estimate of drug-likeness (QED) is 0.0686. The van der Waals surface area contributed by atoms with Crippen LogP contribution in [0.4, 0.5) is 0 Å². The van der Waals surface area contributed by atoms with Crippen LogP contribution in [0.3, 0.4) is 0 Å². The highest BCUT2D eigenvalue weighted by Crippen LogP contribution is 2.22.